The zero-order valence-corrected chi connectivity index (χ0v) is 6.71. The molecule has 0 atom stereocenters. The lowest BCUT2D eigenvalue weighted by atomic mass is 10.3. The Bertz CT molecular complexity index is 437. The van der Waals surface area contributed by atoms with Crippen LogP contribution in [-0.2, 0) is 6.54 Å². The number of hydrogen-bond acceptors (Lipinski definition) is 3. The number of para-hydroxylation sites is 2. The third-order valence-electron chi connectivity index (χ3n) is 1.61. The molecule has 1 aromatic carbocycles. The van der Waals surface area contributed by atoms with E-state index in [1.54, 1.807) is 0 Å². The molecule has 2 aromatic rings. The molecular weight excluding hydrogens is 168 g/mol. The van der Waals surface area contributed by atoms with Crippen LogP contribution in [0.3, 0.4) is 0 Å². The Hall–Kier alpha value is -2.00. The van der Waals surface area contributed by atoms with Gasteiger partial charge in [-0.3, -0.25) is 0 Å². The Balaban J connectivity index is 2.43. The van der Waals surface area contributed by atoms with Crippen molar-refractivity contribution in [3.05, 3.63) is 40.6 Å². The minimum Gasteiger partial charge on any atom is -0.441 e. The number of hydrogen-bond donors (Lipinski definition) is 0. The molecule has 0 radical (unpaired) electrons. The molecule has 13 heavy (non-hydrogen) atoms. The summed E-state index contributed by atoms with van der Waals surface area (Å²) >= 11 is 0. The molecule has 0 N–H and O–H groups in total. The first-order valence-electron chi connectivity index (χ1n) is 3.75. The summed E-state index contributed by atoms with van der Waals surface area (Å²) in [6, 6.07) is 7.41. The quantitative estimate of drug-likeness (QED) is 0.398. The fourth-order valence-corrected chi connectivity index (χ4v) is 1.08. The number of rotatable bonds is 2. The predicted octanol–water partition coefficient (Wildman–Crippen LogP) is 2.64. The summed E-state index contributed by atoms with van der Waals surface area (Å²) in [7, 11) is 0. The van der Waals surface area contributed by atoms with Crippen molar-refractivity contribution in [3.8, 4) is 0 Å². The van der Waals surface area contributed by atoms with Crippen LogP contribution in [0.5, 0.6) is 0 Å². The molecule has 0 aliphatic heterocycles. The maximum atomic E-state index is 8.09. The van der Waals surface area contributed by atoms with Crippen LogP contribution in [-0.4, -0.2) is 4.98 Å². The van der Waals surface area contributed by atoms with Crippen molar-refractivity contribution in [3.63, 3.8) is 0 Å². The van der Waals surface area contributed by atoms with Gasteiger partial charge in [-0.25, -0.2) is 4.98 Å². The van der Waals surface area contributed by atoms with Crippen molar-refractivity contribution in [1.82, 2.24) is 4.98 Å². The maximum absolute atomic E-state index is 8.09. The lowest BCUT2D eigenvalue weighted by molar-refractivity contribution is 0.533. The van der Waals surface area contributed by atoms with Gasteiger partial charge in [0.1, 0.15) is 12.1 Å². The average Bonchev–Trinajstić information content (AvgIpc) is 2.57. The summed E-state index contributed by atoms with van der Waals surface area (Å²) in [4.78, 5) is 6.74. The number of azide groups is 1. The third kappa shape index (κ3) is 1.45. The lowest BCUT2D eigenvalue weighted by Crippen LogP contribution is -1.76. The largest absolute Gasteiger partial charge is 0.441 e. The topological polar surface area (TPSA) is 74.8 Å². The maximum Gasteiger partial charge on any atom is 0.201 e. The highest BCUT2D eigenvalue weighted by atomic mass is 16.3. The second-order valence-corrected chi connectivity index (χ2v) is 2.46. The first kappa shape index (κ1) is 7.64. The first-order chi connectivity index (χ1) is 6.40. The second kappa shape index (κ2) is 3.16. The standard InChI is InChI=1S/C8H6N4O/c9-12-10-5-8-11-6-3-1-2-4-7(6)13-8/h1-4H,5H2. The molecule has 64 valence electrons. The monoisotopic (exact) mass is 174 g/mol. The molecule has 0 unspecified atom stereocenters. The molecule has 5 nitrogen and oxygen atoms in total. The van der Waals surface area contributed by atoms with Crippen LogP contribution >= 0.6 is 0 Å². The van der Waals surface area contributed by atoms with E-state index in [1.165, 1.54) is 0 Å². The van der Waals surface area contributed by atoms with E-state index in [0.717, 1.165) is 5.52 Å². The summed E-state index contributed by atoms with van der Waals surface area (Å²) in [6.45, 7) is 0.158. The van der Waals surface area contributed by atoms with Crippen LogP contribution in [0.15, 0.2) is 33.8 Å². The van der Waals surface area contributed by atoms with Gasteiger partial charge in [0.25, 0.3) is 0 Å². The van der Waals surface area contributed by atoms with Gasteiger partial charge in [-0.05, 0) is 17.7 Å². The predicted molar refractivity (Wildman–Crippen MR) is 46.9 cm³/mol. The molecule has 0 aliphatic carbocycles. The Kier molecular flexibility index (Phi) is 1.86. The number of oxazole rings is 1. The highest BCUT2D eigenvalue weighted by Gasteiger charge is 2.02. The highest BCUT2D eigenvalue weighted by Crippen LogP contribution is 2.14. The first-order valence-corrected chi connectivity index (χ1v) is 3.75. The van der Waals surface area contributed by atoms with Crippen molar-refractivity contribution in [2.75, 3.05) is 0 Å². The molecule has 0 spiro atoms. The molecule has 0 aliphatic rings. The Morgan fingerprint density at radius 2 is 2.31 bits per heavy atom. The van der Waals surface area contributed by atoms with Crippen molar-refractivity contribution >= 4 is 11.1 Å². The van der Waals surface area contributed by atoms with E-state index in [1.807, 2.05) is 24.3 Å². The van der Waals surface area contributed by atoms with Gasteiger partial charge in [-0.15, -0.1) is 0 Å². The van der Waals surface area contributed by atoms with Crippen LogP contribution in [0, 0.1) is 0 Å². The van der Waals surface area contributed by atoms with E-state index in [9.17, 15) is 0 Å². The highest BCUT2D eigenvalue weighted by molar-refractivity contribution is 5.72. The van der Waals surface area contributed by atoms with Crippen LogP contribution in [0.1, 0.15) is 5.89 Å². The zero-order chi connectivity index (χ0) is 9.10. The minimum atomic E-state index is 0.158. The van der Waals surface area contributed by atoms with Gasteiger partial charge in [0.05, 0.1) is 0 Å². The second-order valence-electron chi connectivity index (χ2n) is 2.46. The Morgan fingerprint density at radius 3 is 3.08 bits per heavy atom. The number of fused-ring (bicyclic) bond motifs is 1. The van der Waals surface area contributed by atoms with Crippen molar-refractivity contribution < 1.29 is 4.42 Å². The van der Waals surface area contributed by atoms with Crippen molar-refractivity contribution in [2.24, 2.45) is 5.11 Å². The normalized spacial score (nSPS) is 9.85. The number of aromatic nitrogens is 1. The fourth-order valence-electron chi connectivity index (χ4n) is 1.08. The number of nitrogens with zero attached hydrogens (tertiary/aromatic N) is 4. The van der Waals surface area contributed by atoms with E-state index < -0.39 is 0 Å². The molecule has 5 heteroatoms. The van der Waals surface area contributed by atoms with Crippen LogP contribution < -0.4 is 0 Å². The molecule has 2 rings (SSSR count). The molecule has 1 aromatic heterocycles. The van der Waals surface area contributed by atoms with Crippen LogP contribution in [0.2, 0.25) is 0 Å². The lowest BCUT2D eigenvalue weighted by Gasteiger charge is -1.81. The van der Waals surface area contributed by atoms with Gasteiger partial charge in [-0.2, -0.15) is 0 Å². The van der Waals surface area contributed by atoms with Gasteiger partial charge < -0.3 is 4.42 Å². The van der Waals surface area contributed by atoms with E-state index in [0.29, 0.717) is 11.5 Å². The molecule has 1 heterocycles. The van der Waals surface area contributed by atoms with Gasteiger partial charge in [0.15, 0.2) is 5.58 Å². The van der Waals surface area contributed by atoms with Crippen LogP contribution in [0.4, 0.5) is 0 Å². The third-order valence-corrected chi connectivity index (χ3v) is 1.61. The van der Waals surface area contributed by atoms with E-state index in [2.05, 4.69) is 15.0 Å². The zero-order valence-electron chi connectivity index (χ0n) is 6.71. The summed E-state index contributed by atoms with van der Waals surface area (Å²) in [5.74, 6) is 0.444. The molecule has 0 bridgehead atoms. The van der Waals surface area contributed by atoms with E-state index in [4.69, 9.17) is 9.95 Å². The Morgan fingerprint density at radius 1 is 1.46 bits per heavy atom. The Labute approximate surface area is 73.6 Å². The van der Waals surface area contributed by atoms with E-state index >= 15 is 0 Å². The minimum absolute atomic E-state index is 0.158. The summed E-state index contributed by atoms with van der Waals surface area (Å²) in [5.41, 5.74) is 9.59. The SMILES string of the molecule is [N-]=[N+]=NCc1nc2ccccc2o1. The molecule has 0 saturated heterocycles. The van der Waals surface area contributed by atoms with Gasteiger partial charge in [0, 0.05) is 4.91 Å². The summed E-state index contributed by atoms with van der Waals surface area (Å²) in [5, 5.41) is 3.36. The van der Waals surface area contributed by atoms with Crippen LogP contribution in [0.25, 0.3) is 21.5 Å². The average molecular weight is 174 g/mol. The summed E-state index contributed by atoms with van der Waals surface area (Å²) in [6.07, 6.45) is 0. The van der Waals surface area contributed by atoms with Gasteiger partial charge >= 0.3 is 0 Å². The molecular formula is C8H6N4O. The van der Waals surface area contributed by atoms with Gasteiger partial charge in [0.2, 0.25) is 5.89 Å². The molecule has 0 saturated carbocycles. The van der Waals surface area contributed by atoms with Gasteiger partial charge in [-0.1, -0.05) is 17.2 Å². The summed E-state index contributed by atoms with van der Waals surface area (Å²) < 4.78 is 5.29. The smallest absolute Gasteiger partial charge is 0.201 e. The number of benzene rings is 1. The van der Waals surface area contributed by atoms with Crippen molar-refractivity contribution in [1.29, 1.82) is 0 Å². The fraction of sp³-hybridized carbons (Fsp3) is 0.125. The van der Waals surface area contributed by atoms with E-state index in [-0.39, 0.29) is 6.54 Å². The molecule has 0 amide bonds. The van der Waals surface area contributed by atoms with Crippen molar-refractivity contribution in [2.45, 2.75) is 6.54 Å². The molecule has 0 fully saturated rings.